The van der Waals surface area contributed by atoms with Crippen molar-refractivity contribution in [1.82, 2.24) is 14.7 Å². The SMILES string of the molecule is Cc1c([C@@H](O)[C@H](N)N2CCC3(CCN(c4ccc(=O)n(C)n4)C3=O)CC2)ccc2c1COC2=O. The summed E-state index contributed by atoms with van der Waals surface area (Å²) in [6, 6.07) is 6.45. The summed E-state index contributed by atoms with van der Waals surface area (Å²) in [7, 11) is 1.57. The third-order valence-electron chi connectivity index (χ3n) is 7.76. The van der Waals surface area contributed by atoms with Crippen LogP contribution in [0.15, 0.2) is 29.1 Å². The number of nitrogens with two attached hydrogens (primary N) is 1. The van der Waals surface area contributed by atoms with Crippen LogP contribution in [0.5, 0.6) is 0 Å². The minimum atomic E-state index is -0.930. The van der Waals surface area contributed by atoms with Gasteiger partial charge >= 0.3 is 5.97 Å². The maximum atomic E-state index is 13.4. The topological polar surface area (TPSA) is 131 Å². The molecule has 3 aliphatic rings. The van der Waals surface area contributed by atoms with Crippen LogP contribution in [0.2, 0.25) is 0 Å². The second-order valence-corrected chi connectivity index (χ2v) is 9.49. The van der Waals surface area contributed by atoms with Crippen LogP contribution in [-0.2, 0) is 23.2 Å². The zero-order valence-corrected chi connectivity index (χ0v) is 19.4. The van der Waals surface area contributed by atoms with Crippen molar-refractivity contribution in [3.63, 3.8) is 0 Å². The number of ether oxygens (including phenoxy) is 1. The minimum absolute atomic E-state index is 0.0338. The first kappa shape index (κ1) is 22.7. The van der Waals surface area contributed by atoms with E-state index in [4.69, 9.17) is 10.5 Å². The Balaban J connectivity index is 1.27. The maximum Gasteiger partial charge on any atom is 0.338 e. The van der Waals surface area contributed by atoms with Crippen LogP contribution in [0.25, 0.3) is 0 Å². The molecule has 1 aromatic heterocycles. The number of fused-ring (bicyclic) bond motifs is 1. The molecule has 0 aliphatic carbocycles. The summed E-state index contributed by atoms with van der Waals surface area (Å²) in [4.78, 5) is 40.5. The van der Waals surface area contributed by atoms with Crippen molar-refractivity contribution in [2.45, 2.75) is 45.1 Å². The predicted molar refractivity (Wildman–Crippen MR) is 123 cm³/mol. The Kier molecular flexibility index (Phi) is 5.54. The van der Waals surface area contributed by atoms with Gasteiger partial charge in [-0.2, -0.15) is 5.10 Å². The molecule has 0 saturated carbocycles. The van der Waals surface area contributed by atoms with Crippen LogP contribution >= 0.6 is 0 Å². The highest BCUT2D eigenvalue weighted by Gasteiger charge is 2.49. The molecule has 2 fully saturated rings. The number of carbonyl (C=O) groups excluding carboxylic acids is 2. The number of amides is 1. The average Bonchev–Trinajstić information content (AvgIpc) is 3.36. The van der Waals surface area contributed by atoms with E-state index in [0.717, 1.165) is 17.5 Å². The molecular formula is C24H29N5O5. The number of rotatable bonds is 4. The van der Waals surface area contributed by atoms with Gasteiger partial charge in [0, 0.05) is 38.3 Å². The van der Waals surface area contributed by atoms with Crippen molar-refractivity contribution in [2.24, 2.45) is 18.2 Å². The van der Waals surface area contributed by atoms with Crippen LogP contribution in [0.4, 0.5) is 5.82 Å². The van der Waals surface area contributed by atoms with E-state index < -0.39 is 17.7 Å². The normalized spacial score (nSPS) is 21.6. The number of piperidine rings is 1. The molecule has 0 radical (unpaired) electrons. The fourth-order valence-corrected chi connectivity index (χ4v) is 5.46. The van der Waals surface area contributed by atoms with Crippen LogP contribution < -0.4 is 16.2 Å². The van der Waals surface area contributed by atoms with E-state index in [9.17, 15) is 19.5 Å². The van der Waals surface area contributed by atoms with Crippen LogP contribution in [0.1, 0.15) is 52.4 Å². The minimum Gasteiger partial charge on any atom is -0.457 e. The Morgan fingerprint density at radius 2 is 1.79 bits per heavy atom. The summed E-state index contributed by atoms with van der Waals surface area (Å²) in [6.07, 6.45) is 0.436. The maximum absolute atomic E-state index is 13.4. The fourth-order valence-electron chi connectivity index (χ4n) is 5.46. The Labute approximate surface area is 196 Å². The molecule has 1 amide bonds. The molecule has 2 atom stereocenters. The van der Waals surface area contributed by atoms with Gasteiger partial charge in [-0.25, -0.2) is 9.48 Å². The number of aliphatic hydroxyl groups excluding tert-OH is 1. The number of esters is 1. The van der Waals surface area contributed by atoms with Gasteiger partial charge in [0.05, 0.1) is 17.1 Å². The first-order chi connectivity index (χ1) is 16.2. The molecule has 34 heavy (non-hydrogen) atoms. The summed E-state index contributed by atoms with van der Waals surface area (Å²) in [5.41, 5.74) is 8.64. The van der Waals surface area contributed by atoms with E-state index in [2.05, 4.69) is 5.10 Å². The zero-order chi connectivity index (χ0) is 24.2. The van der Waals surface area contributed by atoms with Gasteiger partial charge < -0.3 is 15.6 Å². The Bertz CT molecular complexity index is 1220. The standard InChI is InChI=1S/C24H29N5O5/c1-14-15(3-4-16-17(14)13-34-22(16)32)20(31)21(25)28-10-7-24(8-11-28)9-12-29(23(24)33)18-5-6-19(30)27(2)26-18/h3-6,20-21,31H,7-13,25H2,1-2H3/t20-,21-/m1/s1. The fraction of sp³-hybridized carbons (Fsp3) is 0.500. The van der Waals surface area contributed by atoms with Gasteiger partial charge in [-0.1, -0.05) is 6.07 Å². The number of nitrogens with zero attached hydrogens (tertiary/aromatic N) is 4. The molecule has 1 aromatic carbocycles. The third kappa shape index (κ3) is 3.53. The van der Waals surface area contributed by atoms with Gasteiger partial charge in [-0.15, -0.1) is 0 Å². The number of aliphatic hydroxyl groups is 1. The summed E-state index contributed by atoms with van der Waals surface area (Å²) >= 11 is 0. The molecule has 5 rings (SSSR count). The smallest absolute Gasteiger partial charge is 0.338 e. The van der Waals surface area contributed by atoms with E-state index in [1.165, 1.54) is 10.7 Å². The van der Waals surface area contributed by atoms with Crippen LogP contribution in [-0.4, -0.2) is 57.5 Å². The molecule has 180 valence electrons. The molecule has 0 bridgehead atoms. The van der Waals surface area contributed by atoms with Crippen molar-refractivity contribution in [3.8, 4) is 0 Å². The lowest BCUT2D eigenvalue weighted by Gasteiger charge is -2.41. The molecule has 10 nitrogen and oxygen atoms in total. The van der Waals surface area contributed by atoms with Gasteiger partial charge in [0.25, 0.3) is 5.56 Å². The number of cyclic esters (lactones) is 1. The van der Waals surface area contributed by atoms with Crippen molar-refractivity contribution >= 4 is 17.7 Å². The van der Waals surface area contributed by atoms with Gasteiger partial charge in [0.2, 0.25) is 5.91 Å². The van der Waals surface area contributed by atoms with Crippen molar-refractivity contribution in [2.75, 3.05) is 24.5 Å². The molecule has 2 aromatic rings. The number of hydrogen-bond donors (Lipinski definition) is 2. The summed E-state index contributed by atoms with van der Waals surface area (Å²) in [6.45, 7) is 3.82. The number of hydrogen-bond acceptors (Lipinski definition) is 8. The first-order valence-corrected chi connectivity index (χ1v) is 11.6. The van der Waals surface area contributed by atoms with Crippen molar-refractivity contribution in [1.29, 1.82) is 0 Å². The summed E-state index contributed by atoms with van der Waals surface area (Å²) in [5, 5.41) is 15.3. The van der Waals surface area contributed by atoms with Crippen molar-refractivity contribution in [3.05, 3.63) is 56.9 Å². The second kappa shape index (κ2) is 8.30. The average molecular weight is 468 g/mol. The van der Waals surface area contributed by atoms with Gasteiger partial charge in [-0.05, 0) is 49.4 Å². The van der Waals surface area contributed by atoms with E-state index in [-0.39, 0.29) is 24.0 Å². The molecule has 3 aliphatic heterocycles. The second-order valence-electron chi connectivity index (χ2n) is 9.49. The van der Waals surface area contributed by atoms with E-state index in [1.54, 1.807) is 30.1 Å². The van der Waals surface area contributed by atoms with Crippen LogP contribution in [0, 0.1) is 12.3 Å². The number of carbonyl (C=O) groups is 2. The quantitative estimate of drug-likeness (QED) is 0.625. The van der Waals surface area contributed by atoms with E-state index in [1.807, 2.05) is 11.8 Å². The molecular weight excluding hydrogens is 438 g/mol. The zero-order valence-electron chi connectivity index (χ0n) is 19.4. The highest BCUT2D eigenvalue weighted by atomic mass is 16.5. The first-order valence-electron chi connectivity index (χ1n) is 11.6. The largest absolute Gasteiger partial charge is 0.457 e. The monoisotopic (exact) mass is 467 g/mol. The lowest BCUT2D eigenvalue weighted by molar-refractivity contribution is -0.128. The highest BCUT2D eigenvalue weighted by Crippen LogP contribution is 2.43. The Morgan fingerprint density at radius 1 is 1.09 bits per heavy atom. The van der Waals surface area contributed by atoms with E-state index in [0.29, 0.717) is 49.4 Å². The van der Waals surface area contributed by atoms with Crippen LogP contribution in [0.3, 0.4) is 0 Å². The van der Waals surface area contributed by atoms with Gasteiger partial charge in [0.15, 0.2) is 5.82 Å². The molecule has 3 N–H and O–H groups in total. The molecule has 4 heterocycles. The number of likely N-dealkylation sites (tertiary alicyclic amines) is 1. The molecule has 10 heteroatoms. The van der Waals surface area contributed by atoms with Gasteiger partial charge in [-0.3, -0.25) is 19.4 Å². The highest BCUT2D eigenvalue weighted by molar-refractivity contribution is 5.99. The predicted octanol–water partition coefficient (Wildman–Crippen LogP) is 0.596. The lowest BCUT2D eigenvalue weighted by atomic mass is 9.76. The van der Waals surface area contributed by atoms with E-state index >= 15 is 0 Å². The third-order valence-corrected chi connectivity index (χ3v) is 7.76. The van der Waals surface area contributed by atoms with Gasteiger partial charge in [0.1, 0.15) is 12.7 Å². The Hall–Kier alpha value is -3.08. The van der Waals surface area contributed by atoms with Crippen molar-refractivity contribution < 1.29 is 19.4 Å². The summed E-state index contributed by atoms with van der Waals surface area (Å²) < 4.78 is 6.35. The number of aryl methyl sites for hydroxylation is 1. The number of anilines is 1. The molecule has 0 unspecified atom stereocenters. The Morgan fingerprint density at radius 3 is 2.50 bits per heavy atom. The molecule has 1 spiro atoms. The molecule has 2 saturated heterocycles. The summed E-state index contributed by atoms with van der Waals surface area (Å²) in [5.74, 6) is 0.188. The number of benzene rings is 1. The lowest BCUT2D eigenvalue weighted by Crippen LogP contribution is -2.53. The number of aromatic nitrogens is 2.